The van der Waals surface area contributed by atoms with Crippen LogP contribution in [-0.2, 0) is 0 Å². The molecule has 0 amide bonds. The fourth-order valence-corrected chi connectivity index (χ4v) is 2.58. The highest BCUT2D eigenvalue weighted by Crippen LogP contribution is 2.20. The Labute approximate surface area is 157 Å². The Balaban J connectivity index is 1.64. The van der Waals surface area contributed by atoms with E-state index < -0.39 is 0 Å². The number of aldehydes is 1. The molecule has 0 aliphatic rings. The van der Waals surface area contributed by atoms with Crippen molar-refractivity contribution in [2.24, 2.45) is 0 Å². The zero-order chi connectivity index (χ0) is 18.4. The van der Waals surface area contributed by atoms with Gasteiger partial charge in [0.15, 0.2) is 0 Å². The molecule has 0 unspecified atom stereocenters. The summed E-state index contributed by atoms with van der Waals surface area (Å²) in [6.07, 6.45) is 4.43. The summed E-state index contributed by atoms with van der Waals surface area (Å²) < 4.78 is 0. The normalized spacial score (nSPS) is 10.7. The summed E-state index contributed by atoms with van der Waals surface area (Å²) in [4.78, 5) is 10.7. The lowest BCUT2D eigenvalue weighted by molar-refractivity contribution is 0.112. The minimum atomic E-state index is 0.292. The second-order valence-electron chi connectivity index (χ2n) is 5.74. The van der Waals surface area contributed by atoms with E-state index in [0.29, 0.717) is 16.4 Å². The molecule has 3 rings (SSSR count). The smallest absolute Gasteiger partial charge is 0.150 e. The van der Waals surface area contributed by atoms with Gasteiger partial charge < -0.3 is 5.32 Å². The Morgan fingerprint density at radius 3 is 1.88 bits per heavy atom. The third-order valence-corrected chi connectivity index (χ3v) is 4.11. The van der Waals surface area contributed by atoms with E-state index in [9.17, 15) is 4.79 Å². The van der Waals surface area contributed by atoms with E-state index >= 15 is 0 Å². The topological polar surface area (TPSA) is 53.0 Å². The fourth-order valence-electron chi connectivity index (χ4n) is 2.45. The van der Waals surface area contributed by atoms with Crippen molar-refractivity contribution in [3.05, 3.63) is 95.0 Å². The lowest BCUT2D eigenvalue weighted by Crippen LogP contribution is -2.06. The van der Waals surface area contributed by atoms with Crippen LogP contribution in [0.5, 0.6) is 0 Å². The molecule has 4 heteroatoms. The Bertz CT molecular complexity index is 927. The van der Waals surface area contributed by atoms with Crippen LogP contribution in [0.4, 0.5) is 5.69 Å². The summed E-state index contributed by atoms with van der Waals surface area (Å²) in [6, 6.07) is 22.7. The number of hydrogen-bond donors (Lipinski definition) is 2. The molecule has 3 aromatic rings. The summed E-state index contributed by atoms with van der Waals surface area (Å²) >= 11 is 5.85. The third-order valence-electron chi connectivity index (χ3n) is 3.86. The van der Waals surface area contributed by atoms with Gasteiger partial charge in [-0.2, -0.15) is 0 Å². The Kier molecular flexibility index (Phi) is 5.62. The van der Waals surface area contributed by atoms with Gasteiger partial charge in [0.1, 0.15) is 12.1 Å². The molecule has 0 fully saturated rings. The first-order chi connectivity index (χ1) is 12.6. The highest BCUT2D eigenvalue weighted by Gasteiger charge is 1.99. The van der Waals surface area contributed by atoms with Crippen molar-refractivity contribution >= 4 is 35.5 Å². The molecule has 0 radical (unpaired) electrons. The van der Waals surface area contributed by atoms with Crippen LogP contribution in [0.25, 0.3) is 17.2 Å². The first-order valence-electron chi connectivity index (χ1n) is 8.09. The number of halogens is 1. The average Bonchev–Trinajstić information content (AvgIpc) is 2.69. The van der Waals surface area contributed by atoms with Gasteiger partial charge in [-0.15, -0.1) is 0 Å². The molecule has 0 spiro atoms. The zero-order valence-corrected chi connectivity index (χ0v) is 14.7. The van der Waals surface area contributed by atoms with Crippen molar-refractivity contribution in [2.45, 2.75) is 0 Å². The first-order valence-corrected chi connectivity index (χ1v) is 8.47. The van der Waals surface area contributed by atoms with Gasteiger partial charge in [-0.1, -0.05) is 66.2 Å². The zero-order valence-electron chi connectivity index (χ0n) is 13.9. The standard InChI is InChI=1S/C22H17ClN2O/c23-20-10-12-21(13-11-20)25-22(24)14-5-16-1-6-18(7-2-16)19-8-3-17(15-26)4-9-19/h1-15H,(H2,24,25)/b14-5+. The molecular weight excluding hydrogens is 344 g/mol. The third kappa shape index (κ3) is 4.68. The van der Waals surface area contributed by atoms with E-state index in [0.717, 1.165) is 28.7 Å². The maximum absolute atomic E-state index is 10.7. The van der Waals surface area contributed by atoms with Gasteiger partial charge >= 0.3 is 0 Å². The molecule has 128 valence electrons. The minimum Gasteiger partial charge on any atom is -0.341 e. The quantitative estimate of drug-likeness (QED) is 0.337. The van der Waals surface area contributed by atoms with Crippen LogP contribution >= 0.6 is 11.6 Å². The van der Waals surface area contributed by atoms with Gasteiger partial charge in [-0.25, -0.2) is 0 Å². The molecule has 0 saturated carbocycles. The Morgan fingerprint density at radius 2 is 1.35 bits per heavy atom. The fraction of sp³-hybridized carbons (Fsp3) is 0. The van der Waals surface area contributed by atoms with Gasteiger partial charge in [0.25, 0.3) is 0 Å². The summed E-state index contributed by atoms with van der Waals surface area (Å²) in [7, 11) is 0. The SMILES string of the molecule is N=C(/C=C/c1ccc(-c2ccc(C=O)cc2)cc1)Nc1ccc(Cl)cc1. The predicted molar refractivity (Wildman–Crippen MR) is 109 cm³/mol. The lowest BCUT2D eigenvalue weighted by atomic mass is 10.0. The van der Waals surface area contributed by atoms with Gasteiger partial charge in [0.2, 0.25) is 0 Å². The Morgan fingerprint density at radius 1 is 0.808 bits per heavy atom. The first kappa shape index (κ1) is 17.6. The van der Waals surface area contributed by atoms with E-state index in [-0.39, 0.29) is 0 Å². The summed E-state index contributed by atoms with van der Waals surface area (Å²) in [6.45, 7) is 0. The molecule has 0 aromatic heterocycles. The highest BCUT2D eigenvalue weighted by molar-refractivity contribution is 6.30. The van der Waals surface area contributed by atoms with Crippen molar-refractivity contribution in [1.29, 1.82) is 5.41 Å². The monoisotopic (exact) mass is 360 g/mol. The number of nitrogens with one attached hydrogen (secondary N) is 2. The number of carbonyl (C=O) groups excluding carboxylic acids is 1. The van der Waals surface area contributed by atoms with Gasteiger partial charge in [-0.05, 0) is 47.0 Å². The largest absolute Gasteiger partial charge is 0.341 e. The Hall–Kier alpha value is -3.17. The summed E-state index contributed by atoms with van der Waals surface area (Å²) in [5, 5.41) is 11.6. The maximum atomic E-state index is 10.7. The molecular formula is C22H17ClN2O. The van der Waals surface area contributed by atoms with E-state index in [1.54, 1.807) is 30.3 Å². The summed E-state index contributed by atoms with van der Waals surface area (Å²) in [5.41, 5.74) is 4.62. The molecule has 0 aliphatic heterocycles. The van der Waals surface area contributed by atoms with E-state index in [1.807, 2.05) is 54.6 Å². The van der Waals surface area contributed by atoms with Crippen LogP contribution < -0.4 is 5.32 Å². The molecule has 0 aliphatic carbocycles. The molecule has 0 atom stereocenters. The van der Waals surface area contributed by atoms with E-state index in [4.69, 9.17) is 17.0 Å². The molecule has 0 heterocycles. The second kappa shape index (κ2) is 8.28. The van der Waals surface area contributed by atoms with Crippen molar-refractivity contribution in [3.63, 3.8) is 0 Å². The summed E-state index contributed by atoms with van der Waals surface area (Å²) in [5.74, 6) is 0.292. The molecule has 0 bridgehead atoms. The van der Waals surface area contributed by atoms with Crippen LogP contribution in [0.2, 0.25) is 5.02 Å². The highest BCUT2D eigenvalue weighted by atomic mass is 35.5. The number of benzene rings is 3. The number of amidine groups is 1. The lowest BCUT2D eigenvalue weighted by Gasteiger charge is -2.05. The predicted octanol–water partition coefficient (Wildman–Crippen LogP) is 5.92. The van der Waals surface area contributed by atoms with Gasteiger partial charge in [0, 0.05) is 16.3 Å². The average molecular weight is 361 g/mol. The van der Waals surface area contributed by atoms with Gasteiger partial charge in [-0.3, -0.25) is 10.2 Å². The molecule has 3 nitrogen and oxygen atoms in total. The number of rotatable bonds is 5. The molecule has 3 aromatic carbocycles. The van der Waals surface area contributed by atoms with Gasteiger partial charge in [0.05, 0.1) is 0 Å². The maximum Gasteiger partial charge on any atom is 0.150 e. The van der Waals surface area contributed by atoms with Crippen LogP contribution in [0.3, 0.4) is 0 Å². The number of carbonyl (C=O) groups is 1. The number of anilines is 1. The van der Waals surface area contributed by atoms with Crippen LogP contribution in [0.1, 0.15) is 15.9 Å². The van der Waals surface area contributed by atoms with Crippen molar-refractivity contribution in [2.75, 3.05) is 5.32 Å². The van der Waals surface area contributed by atoms with Crippen molar-refractivity contribution < 1.29 is 4.79 Å². The van der Waals surface area contributed by atoms with Crippen molar-refractivity contribution in [1.82, 2.24) is 0 Å². The van der Waals surface area contributed by atoms with Crippen LogP contribution in [-0.4, -0.2) is 12.1 Å². The molecule has 2 N–H and O–H groups in total. The van der Waals surface area contributed by atoms with E-state index in [2.05, 4.69) is 5.32 Å². The van der Waals surface area contributed by atoms with Crippen LogP contribution in [0.15, 0.2) is 78.9 Å². The van der Waals surface area contributed by atoms with E-state index in [1.165, 1.54) is 0 Å². The van der Waals surface area contributed by atoms with Crippen LogP contribution in [0, 0.1) is 5.41 Å². The van der Waals surface area contributed by atoms with Crippen molar-refractivity contribution in [3.8, 4) is 11.1 Å². The number of hydrogen-bond acceptors (Lipinski definition) is 2. The molecule has 26 heavy (non-hydrogen) atoms. The second-order valence-corrected chi connectivity index (χ2v) is 6.18. The molecule has 0 saturated heterocycles. The minimum absolute atomic E-state index is 0.292.